The summed E-state index contributed by atoms with van der Waals surface area (Å²) in [5, 5.41) is 3.99. The fraction of sp³-hybridized carbons (Fsp3) is 1.00. The monoisotopic (exact) mass is 287 g/mol. The summed E-state index contributed by atoms with van der Waals surface area (Å²) in [5.41, 5.74) is 0.364. The lowest BCUT2D eigenvalue weighted by Crippen LogP contribution is -2.49. The molecule has 1 rings (SSSR count). The Hall–Kier alpha value is 0.110. The Morgan fingerprint density at radius 2 is 2.05 bits per heavy atom. The lowest BCUT2D eigenvalue weighted by molar-refractivity contribution is 0.211. The van der Waals surface area contributed by atoms with Crippen LogP contribution in [0.5, 0.6) is 0 Å². The van der Waals surface area contributed by atoms with Gasteiger partial charge in [-0.2, -0.15) is 0 Å². The third-order valence-electron chi connectivity index (χ3n) is 4.23. The minimum atomic E-state index is -0.670. The standard InChI is InChI=1S/C16H33NOS/c1-6-10-17-14-7-9-16(4,5)12-15(14)19(18)11-8-13(2)3/h13-15,17H,6-12H2,1-5H3. The van der Waals surface area contributed by atoms with Crippen LogP contribution in [0, 0.1) is 11.3 Å². The first kappa shape index (κ1) is 17.2. The second-order valence-electron chi connectivity index (χ2n) is 7.27. The zero-order chi connectivity index (χ0) is 14.5. The van der Waals surface area contributed by atoms with Crippen LogP contribution in [0.25, 0.3) is 0 Å². The fourth-order valence-electron chi connectivity index (χ4n) is 2.86. The van der Waals surface area contributed by atoms with E-state index < -0.39 is 10.8 Å². The summed E-state index contributed by atoms with van der Waals surface area (Å²) >= 11 is 0. The van der Waals surface area contributed by atoms with Crippen LogP contribution in [0.4, 0.5) is 0 Å². The van der Waals surface area contributed by atoms with E-state index >= 15 is 0 Å². The zero-order valence-electron chi connectivity index (χ0n) is 13.5. The smallest absolute Gasteiger partial charge is 0.0506 e. The molecule has 0 amide bonds. The Kier molecular flexibility index (Phi) is 7.02. The van der Waals surface area contributed by atoms with E-state index in [-0.39, 0.29) is 0 Å². The average molecular weight is 288 g/mol. The predicted molar refractivity (Wildman–Crippen MR) is 86.0 cm³/mol. The maximum absolute atomic E-state index is 12.6. The number of hydrogen-bond donors (Lipinski definition) is 1. The number of hydrogen-bond acceptors (Lipinski definition) is 2. The van der Waals surface area contributed by atoms with Crippen molar-refractivity contribution in [2.24, 2.45) is 11.3 Å². The van der Waals surface area contributed by atoms with E-state index in [0.717, 1.165) is 31.6 Å². The van der Waals surface area contributed by atoms with Crippen LogP contribution in [0.1, 0.15) is 66.7 Å². The van der Waals surface area contributed by atoms with Gasteiger partial charge < -0.3 is 5.32 Å². The zero-order valence-corrected chi connectivity index (χ0v) is 14.3. The molecule has 0 aromatic heterocycles. The Bertz CT molecular complexity index is 288. The maximum atomic E-state index is 12.6. The van der Waals surface area contributed by atoms with Gasteiger partial charge in [0.25, 0.3) is 0 Å². The molecule has 19 heavy (non-hydrogen) atoms. The summed E-state index contributed by atoms with van der Waals surface area (Å²) in [4.78, 5) is 0. The third-order valence-corrected chi connectivity index (χ3v) is 6.03. The molecule has 0 saturated heterocycles. The molecule has 1 saturated carbocycles. The molecular formula is C16H33NOS. The fourth-order valence-corrected chi connectivity index (χ4v) is 5.11. The molecule has 0 aromatic carbocycles. The van der Waals surface area contributed by atoms with Crippen molar-refractivity contribution in [1.29, 1.82) is 0 Å². The van der Waals surface area contributed by atoms with Crippen LogP contribution >= 0.6 is 0 Å². The molecular weight excluding hydrogens is 254 g/mol. The molecule has 114 valence electrons. The molecule has 0 radical (unpaired) electrons. The van der Waals surface area contributed by atoms with Crippen LogP contribution in [0.15, 0.2) is 0 Å². The van der Waals surface area contributed by atoms with Crippen molar-refractivity contribution >= 4 is 10.8 Å². The molecule has 0 bridgehead atoms. The van der Waals surface area contributed by atoms with Crippen molar-refractivity contribution < 1.29 is 4.21 Å². The molecule has 1 N–H and O–H groups in total. The third kappa shape index (κ3) is 5.95. The SMILES string of the molecule is CCCNC1CCC(C)(C)CC1S(=O)CCC(C)C. The van der Waals surface area contributed by atoms with Crippen molar-refractivity contribution in [3.8, 4) is 0 Å². The minimum Gasteiger partial charge on any atom is -0.313 e. The molecule has 0 heterocycles. The van der Waals surface area contributed by atoms with Gasteiger partial charge in [-0.1, -0.05) is 34.6 Å². The molecule has 0 spiro atoms. The van der Waals surface area contributed by atoms with E-state index in [1.165, 1.54) is 12.8 Å². The molecule has 3 unspecified atom stereocenters. The number of rotatable bonds is 7. The van der Waals surface area contributed by atoms with E-state index in [1.807, 2.05) is 0 Å². The molecule has 3 atom stereocenters. The highest BCUT2D eigenvalue weighted by Crippen LogP contribution is 2.37. The average Bonchev–Trinajstić information content (AvgIpc) is 2.33. The lowest BCUT2D eigenvalue weighted by Gasteiger charge is -2.40. The highest BCUT2D eigenvalue weighted by atomic mass is 32.2. The first-order valence-corrected chi connectivity index (χ1v) is 9.34. The quantitative estimate of drug-likeness (QED) is 0.773. The van der Waals surface area contributed by atoms with Gasteiger partial charge in [0.1, 0.15) is 0 Å². The van der Waals surface area contributed by atoms with Crippen LogP contribution < -0.4 is 5.32 Å². The molecule has 1 aliphatic rings. The van der Waals surface area contributed by atoms with Crippen molar-refractivity contribution in [2.75, 3.05) is 12.3 Å². The van der Waals surface area contributed by atoms with Gasteiger partial charge in [0.2, 0.25) is 0 Å². The van der Waals surface area contributed by atoms with Gasteiger partial charge >= 0.3 is 0 Å². The van der Waals surface area contributed by atoms with E-state index in [1.54, 1.807) is 0 Å². The molecule has 0 aliphatic heterocycles. The predicted octanol–water partition coefficient (Wildman–Crippen LogP) is 3.73. The van der Waals surface area contributed by atoms with Gasteiger partial charge in [-0.05, 0) is 50.0 Å². The Morgan fingerprint density at radius 3 is 2.63 bits per heavy atom. The highest BCUT2D eigenvalue weighted by Gasteiger charge is 2.37. The first-order chi connectivity index (χ1) is 8.85. The largest absolute Gasteiger partial charge is 0.313 e. The Balaban J connectivity index is 2.62. The maximum Gasteiger partial charge on any atom is 0.0506 e. The van der Waals surface area contributed by atoms with E-state index in [9.17, 15) is 4.21 Å². The van der Waals surface area contributed by atoms with E-state index in [0.29, 0.717) is 22.6 Å². The summed E-state index contributed by atoms with van der Waals surface area (Å²) in [7, 11) is -0.670. The van der Waals surface area contributed by atoms with Crippen LogP contribution in [0.3, 0.4) is 0 Å². The van der Waals surface area contributed by atoms with E-state index in [4.69, 9.17) is 0 Å². The van der Waals surface area contributed by atoms with E-state index in [2.05, 4.69) is 39.9 Å². The summed E-state index contributed by atoms with van der Waals surface area (Å²) in [5.74, 6) is 1.53. The Labute approximate surface area is 122 Å². The molecule has 3 heteroatoms. The van der Waals surface area contributed by atoms with Crippen molar-refractivity contribution in [3.05, 3.63) is 0 Å². The topological polar surface area (TPSA) is 29.1 Å². The van der Waals surface area contributed by atoms with Crippen molar-refractivity contribution in [3.63, 3.8) is 0 Å². The normalized spacial score (nSPS) is 28.5. The second kappa shape index (κ2) is 7.78. The van der Waals surface area contributed by atoms with Crippen molar-refractivity contribution in [1.82, 2.24) is 5.32 Å². The molecule has 2 nitrogen and oxygen atoms in total. The van der Waals surface area contributed by atoms with Crippen LogP contribution in [0.2, 0.25) is 0 Å². The molecule has 0 aromatic rings. The van der Waals surface area contributed by atoms with Crippen molar-refractivity contribution in [2.45, 2.75) is 78.0 Å². The molecule has 1 fully saturated rings. The second-order valence-corrected chi connectivity index (χ2v) is 9.05. The lowest BCUT2D eigenvalue weighted by atomic mass is 9.75. The van der Waals surface area contributed by atoms with Gasteiger partial charge in [0, 0.05) is 22.6 Å². The summed E-state index contributed by atoms with van der Waals surface area (Å²) < 4.78 is 12.6. The summed E-state index contributed by atoms with van der Waals surface area (Å²) in [6, 6.07) is 0.473. The van der Waals surface area contributed by atoms with Gasteiger partial charge in [-0.15, -0.1) is 0 Å². The highest BCUT2D eigenvalue weighted by molar-refractivity contribution is 7.85. The summed E-state index contributed by atoms with van der Waals surface area (Å²) in [6.45, 7) is 12.3. The number of nitrogens with one attached hydrogen (secondary N) is 1. The van der Waals surface area contributed by atoms with Crippen LogP contribution in [-0.4, -0.2) is 27.8 Å². The van der Waals surface area contributed by atoms with Gasteiger partial charge in [0.05, 0.1) is 5.25 Å². The molecule has 1 aliphatic carbocycles. The van der Waals surface area contributed by atoms with Gasteiger partial charge in [-0.25, -0.2) is 0 Å². The van der Waals surface area contributed by atoms with Crippen LogP contribution in [-0.2, 0) is 10.8 Å². The Morgan fingerprint density at radius 1 is 1.37 bits per heavy atom. The van der Waals surface area contributed by atoms with Gasteiger partial charge in [-0.3, -0.25) is 4.21 Å². The first-order valence-electron chi connectivity index (χ1n) is 7.96. The summed E-state index contributed by atoms with van der Waals surface area (Å²) in [6.07, 6.45) is 5.80. The van der Waals surface area contributed by atoms with Gasteiger partial charge in [0.15, 0.2) is 0 Å². The minimum absolute atomic E-state index is 0.356.